The Labute approximate surface area is 123 Å². The van der Waals surface area contributed by atoms with Crippen molar-refractivity contribution in [3.8, 4) is 0 Å². The number of hydrogen-bond acceptors (Lipinski definition) is 1. The molecule has 0 aromatic heterocycles. The minimum Gasteiger partial charge on any atom is -0.396 e. The van der Waals surface area contributed by atoms with E-state index in [1.165, 1.54) is 37.9 Å². The molecule has 102 valence electrons. The predicted octanol–water partition coefficient (Wildman–Crippen LogP) is 4.68. The van der Waals surface area contributed by atoms with E-state index in [4.69, 9.17) is 5.11 Å². The lowest BCUT2D eigenvalue weighted by molar-refractivity contribution is 0.299. The molecule has 0 amide bonds. The van der Waals surface area contributed by atoms with E-state index in [-0.39, 0.29) is 6.61 Å². The van der Waals surface area contributed by atoms with Gasteiger partial charge in [0, 0.05) is 6.61 Å². The van der Waals surface area contributed by atoms with Gasteiger partial charge in [0.05, 0.1) is 0 Å². The molecule has 1 heteroatoms. The van der Waals surface area contributed by atoms with Crippen LogP contribution in [-0.4, -0.2) is 11.7 Å². The minimum absolute atomic E-state index is 0.194. The number of benzene rings is 4. The van der Waals surface area contributed by atoms with Gasteiger partial charge in [-0.1, -0.05) is 54.6 Å². The molecule has 0 saturated heterocycles. The highest BCUT2D eigenvalue weighted by atomic mass is 16.2. The fraction of sp³-hybridized carbons (Fsp3) is 0.100. The van der Waals surface area contributed by atoms with E-state index in [0.29, 0.717) is 6.42 Å². The zero-order valence-corrected chi connectivity index (χ0v) is 11.7. The van der Waals surface area contributed by atoms with Crippen molar-refractivity contribution < 1.29 is 5.11 Å². The van der Waals surface area contributed by atoms with Crippen molar-refractivity contribution >= 4 is 32.3 Å². The van der Waals surface area contributed by atoms with E-state index >= 15 is 0 Å². The standard InChI is InChI=1S/C20H16O/c21-10-9-14-5-6-15-7-8-18-12-16-3-1-2-4-17(16)13-20(18)19(15)11-14/h1-8,11-13,21H,9-10H2. The van der Waals surface area contributed by atoms with Crippen LogP contribution in [-0.2, 0) is 6.42 Å². The van der Waals surface area contributed by atoms with Crippen molar-refractivity contribution in [2.75, 3.05) is 6.61 Å². The summed E-state index contributed by atoms with van der Waals surface area (Å²) in [6.45, 7) is 0.194. The Kier molecular flexibility index (Phi) is 2.87. The smallest absolute Gasteiger partial charge is 0.0471 e. The molecule has 4 aromatic rings. The van der Waals surface area contributed by atoms with Gasteiger partial charge in [-0.3, -0.25) is 0 Å². The van der Waals surface area contributed by atoms with Crippen molar-refractivity contribution in [1.29, 1.82) is 0 Å². The highest BCUT2D eigenvalue weighted by Gasteiger charge is 2.04. The lowest BCUT2D eigenvalue weighted by atomic mass is 9.96. The topological polar surface area (TPSA) is 20.2 Å². The third-order valence-corrected chi connectivity index (χ3v) is 4.17. The van der Waals surface area contributed by atoms with Crippen molar-refractivity contribution in [2.24, 2.45) is 0 Å². The van der Waals surface area contributed by atoms with Crippen LogP contribution in [0.1, 0.15) is 5.56 Å². The van der Waals surface area contributed by atoms with Gasteiger partial charge in [-0.2, -0.15) is 0 Å². The second-order valence-corrected chi connectivity index (χ2v) is 5.52. The largest absolute Gasteiger partial charge is 0.396 e. The van der Waals surface area contributed by atoms with Gasteiger partial charge in [0.15, 0.2) is 0 Å². The zero-order valence-electron chi connectivity index (χ0n) is 11.7. The van der Waals surface area contributed by atoms with E-state index in [1.807, 2.05) is 0 Å². The Morgan fingerprint density at radius 2 is 1.29 bits per heavy atom. The van der Waals surface area contributed by atoms with Crippen LogP contribution in [0.15, 0.2) is 66.7 Å². The molecule has 0 bridgehead atoms. The second-order valence-electron chi connectivity index (χ2n) is 5.52. The first-order valence-electron chi connectivity index (χ1n) is 7.30. The molecule has 21 heavy (non-hydrogen) atoms. The van der Waals surface area contributed by atoms with Crippen molar-refractivity contribution in [3.05, 3.63) is 72.3 Å². The lowest BCUT2D eigenvalue weighted by Crippen LogP contribution is -1.90. The van der Waals surface area contributed by atoms with E-state index in [1.54, 1.807) is 0 Å². The summed E-state index contributed by atoms with van der Waals surface area (Å²) in [5.74, 6) is 0. The maximum atomic E-state index is 9.15. The second kappa shape index (κ2) is 4.87. The van der Waals surface area contributed by atoms with Crippen LogP contribution in [0.4, 0.5) is 0 Å². The SMILES string of the molecule is OCCc1ccc2ccc3cc4ccccc4cc3c2c1. The average Bonchev–Trinajstić information content (AvgIpc) is 2.53. The van der Waals surface area contributed by atoms with E-state index < -0.39 is 0 Å². The molecule has 0 unspecified atom stereocenters. The van der Waals surface area contributed by atoms with Crippen LogP contribution < -0.4 is 0 Å². The Hall–Kier alpha value is -2.38. The first kappa shape index (κ1) is 12.4. The number of rotatable bonds is 2. The van der Waals surface area contributed by atoms with Crippen LogP contribution in [0.3, 0.4) is 0 Å². The monoisotopic (exact) mass is 272 g/mol. The van der Waals surface area contributed by atoms with Gasteiger partial charge in [-0.25, -0.2) is 0 Å². The van der Waals surface area contributed by atoms with Crippen LogP contribution in [0.2, 0.25) is 0 Å². The number of aliphatic hydroxyl groups excluding tert-OH is 1. The number of aliphatic hydroxyl groups is 1. The third kappa shape index (κ3) is 2.07. The van der Waals surface area contributed by atoms with Gasteiger partial charge in [0.2, 0.25) is 0 Å². The van der Waals surface area contributed by atoms with Crippen molar-refractivity contribution in [1.82, 2.24) is 0 Å². The molecule has 0 fully saturated rings. The van der Waals surface area contributed by atoms with Gasteiger partial charge in [0.25, 0.3) is 0 Å². The summed E-state index contributed by atoms with van der Waals surface area (Å²) >= 11 is 0. The van der Waals surface area contributed by atoms with Gasteiger partial charge in [-0.05, 0) is 56.4 Å². The molecule has 4 aromatic carbocycles. The van der Waals surface area contributed by atoms with Crippen LogP contribution in [0, 0.1) is 0 Å². The number of hydrogen-bond donors (Lipinski definition) is 1. The lowest BCUT2D eigenvalue weighted by Gasteiger charge is -2.08. The molecular weight excluding hydrogens is 256 g/mol. The molecule has 0 aliphatic carbocycles. The quantitative estimate of drug-likeness (QED) is 0.415. The average molecular weight is 272 g/mol. The molecule has 0 spiro atoms. The van der Waals surface area contributed by atoms with Crippen molar-refractivity contribution in [3.63, 3.8) is 0 Å². The molecule has 0 atom stereocenters. The summed E-state index contributed by atoms with van der Waals surface area (Å²) < 4.78 is 0. The van der Waals surface area contributed by atoms with Crippen LogP contribution in [0.25, 0.3) is 32.3 Å². The maximum Gasteiger partial charge on any atom is 0.0471 e. The molecule has 0 radical (unpaired) electrons. The normalized spacial score (nSPS) is 11.5. The summed E-state index contributed by atoms with van der Waals surface area (Å²) in [5.41, 5.74) is 1.19. The minimum atomic E-state index is 0.194. The summed E-state index contributed by atoms with van der Waals surface area (Å²) in [4.78, 5) is 0. The van der Waals surface area contributed by atoms with Gasteiger partial charge < -0.3 is 5.11 Å². The fourth-order valence-electron chi connectivity index (χ4n) is 3.08. The zero-order chi connectivity index (χ0) is 14.2. The fourth-order valence-corrected chi connectivity index (χ4v) is 3.08. The van der Waals surface area contributed by atoms with Gasteiger partial charge >= 0.3 is 0 Å². The van der Waals surface area contributed by atoms with Crippen LogP contribution >= 0.6 is 0 Å². The Bertz CT molecular complexity index is 954. The molecule has 0 aliphatic heterocycles. The third-order valence-electron chi connectivity index (χ3n) is 4.17. The van der Waals surface area contributed by atoms with Gasteiger partial charge in [-0.15, -0.1) is 0 Å². The van der Waals surface area contributed by atoms with E-state index in [2.05, 4.69) is 66.7 Å². The molecular formula is C20H16O. The first-order chi connectivity index (χ1) is 10.3. The number of fused-ring (bicyclic) bond motifs is 4. The summed E-state index contributed by atoms with van der Waals surface area (Å²) in [7, 11) is 0. The van der Waals surface area contributed by atoms with Gasteiger partial charge in [0.1, 0.15) is 0 Å². The highest BCUT2D eigenvalue weighted by molar-refractivity contribution is 6.12. The molecule has 0 saturated carbocycles. The maximum absolute atomic E-state index is 9.15. The molecule has 0 heterocycles. The Morgan fingerprint density at radius 3 is 2.10 bits per heavy atom. The summed E-state index contributed by atoms with van der Waals surface area (Å²) in [6, 6.07) is 23.8. The molecule has 1 nitrogen and oxygen atoms in total. The highest BCUT2D eigenvalue weighted by Crippen LogP contribution is 2.30. The van der Waals surface area contributed by atoms with Crippen LogP contribution in [0.5, 0.6) is 0 Å². The van der Waals surface area contributed by atoms with Crippen molar-refractivity contribution in [2.45, 2.75) is 6.42 Å². The van der Waals surface area contributed by atoms with E-state index in [9.17, 15) is 0 Å². The molecule has 0 aliphatic rings. The summed E-state index contributed by atoms with van der Waals surface area (Å²) in [5, 5.41) is 16.8. The first-order valence-corrected chi connectivity index (χ1v) is 7.30. The Morgan fingerprint density at radius 1 is 0.619 bits per heavy atom. The summed E-state index contributed by atoms with van der Waals surface area (Å²) in [6.07, 6.45) is 0.708. The van der Waals surface area contributed by atoms with E-state index in [0.717, 1.165) is 0 Å². The molecule has 1 N–H and O–H groups in total. The Balaban J connectivity index is 2.10. The molecule has 4 rings (SSSR count). The predicted molar refractivity (Wildman–Crippen MR) is 89.7 cm³/mol.